The standard InChI is InChI=1S/C23H28N6O4S/c1-3-33-21-9-5-4-8-20(21)28-11-13-29(14-12-28)34(31,32)23-19(17-27(2)26-23)22(30)25-16-18-7-6-10-24-15-18/h4-10,15,17H,3,11-14,16H2,1-2H3,(H,25,30). The maximum Gasteiger partial charge on any atom is 0.263 e. The topological polar surface area (TPSA) is 110 Å². The molecule has 11 heteroatoms. The van der Waals surface area contributed by atoms with Crippen LogP contribution in [0.3, 0.4) is 0 Å². The first-order valence-corrected chi connectivity index (χ1v) is 12.5. The number of aryl methyl sites for hydroxylation is 1. The van der Waals surface area contributed by atoms with Gasteiger partial charge in [-0.3, -0.25) is 14.5 Å². The molecule has 1 aliphatic heterocycles. The molecule has 0 radical (unpaired) electrons. The molecule has 2 aromatic heterocycles. The second kappa shape index (κ2) is 10.2. The van der Waals surface area contributed by atoms with Crippen molar-refractivity contribution in [2.75, 3.05) is 37.7 Å². The van der Waals surface area contributed by atoms with Crippen molar-refractivity contribution in [3.63, 3.8) is 0 Å². The van der Waals surface area contributed by atoms with Crippen LogP contribution < -0.4 is 15.0 Å². The van der Waals surface area contributed by atoms with Crippen LogP contribution in [-0.2, 0) is 23.6 Å². The average Bonchev–Trinajstić information content (AvgIpc) is 3.26. The van der Waals surface area contributed by atoms with Gasteiger partial charge in [0.05, 0.1) is 17.9 Å². The predicted molar refractivity (Wildman–Crippen MR) is 127 cm³/mol. The second-order valence-corrected chi connectivity index (χ2v) is 9.71. The Morgan fingerprint density at radius 2 is 1.88 bits per heavy atom. The van der Waals surface area contributed by atoms with E-state index in [0.29, 0.717) is 19.7 Å². The van der Waals surface area contributed by atoms with Crippen LogP contribution in [0.4, 0.5) is 5.69 Å². The molecule has 0 saturated carbocycles. The molecule has 0 bridgehead atoms. The lowest BCUT2D eigenvalue weighted by molar-refractivity contribution is 0.0947. The Morgan fingerprint density at radius 1 is 1.12 bits per heavy atom. The molecule has 34 heavy (non-hydrogen) atoms. The van der Waals surface area contributed by atoms with Crippen LogP contribution in [0.15, 0.2) is 60.0 Å². The highest BCUT2D eigenvalue weighted by Crippen LogP contribution is 2.30. The quantitative estimate of drug-likeness (QED) is 0.518. The van der Waals surface area contributed by atoms with E-state index in [1.54, 1.807) is 25.5 Å². The van der Waals surface area contributed by atoms with E-state index in [9.17, 15) is 13.2 Å². The van der Waals surface area contributed by atoms with Gasteiger partial charge in [-0.2, -0.15) is 9.40 Å². The van der Waals surface area contributed by atoms with Crippen LogP contribution in [0.25, 0.3) is 0 Å². The van der Waals surface area contributed by atoms with Gasteiger partial charge in [0, 0.05) is 58.4 Å². The van der Waals surface area contributed by atoms with E-state index < -0.39 is 15.9 Å². The zero-order valence-corrected chi connectivity index (χ0v) is 20.0. The Bertz CT molecular complexity index is 1240. The third-order valence-corrected chi connectivity index (χ3v) is 7.38. The molecule has 180 valence electrons. The number of nitrogens with one attached hydrogen (secondary N) is 1. The van der Waals surface area contributed by atoms with Gasteiger partial charge < -0.3 is 15.0 Å². The first-order chi connectivity index (χ1) is 16.4. The fraction of sp³-hybridized carbons (Fsp3) is 0.348. The Balaban J connectivity index is 1.47. The largest absolute Gasteiger partial charge is 0.492 e. The highest BCUT2D eigenvalue weighted by atomic mass is 32.2. The van der Waals surface area contributed by atoms with Gasteiger partial charge in [-0.05, 0) is 30.7 Å². The van der Waals surface area contributed by atoms with Crippen LogP contribution >= 0.6 is 0 Å². The number of piperazine rings is 1. The minimum Gasteiger partial charge on any atom is -0.492 e. The Morgan fingerprint density at radius 3 is 2.59 bits per heavy atom. The van der Waals surface area contributed by atoms with Crippen LogP contribution in [0.5, 0.6) is 5.75 Å². The number of para-hydroxylation sites is 2. The molecule has 10 nitrogen and oxygen atoms in total. The molecule has 1 saturated heterocycles. The zero-order valence-electron chi connectivity index (χ0n) is 19.2. The normalized spacial score (nSPS) is 14.7. The van der Waals surface area contributed by atoms with Crippen LogP contribution in [0.1, 0.15) is 22.8 Å². The molecule has 0 spiro atoms. The minimum atomic E-state index is -3.96. The Kier molecular flexibility index (Phi) is 7.13. The summed E-state index contributed by atoms with van der Waals surface area (Å²) in [5, 5.41) is 6.65. The second-order valence-electron chi connectivity index (χ2n) is 7.86. The summed E-state index contributed by atoms with van der Waals surface area (Å²) in [7, 11) is -2.36. The molecule has 1 N–H and O–H groups in total. The van der Waals surface area contributed by atoms with Gasteiger partial charge in [-0.15, -0.1) is 0 Å². The lowest BCUT2D eigenvalue weighted by Gasteiger charge is -2.35. The van der Waals surface area contributed by atoms with Crippen molar-refractivity contribution in [2.24, 2.45) is 7.05 Å². The van der Waals surface area contributed by atoms with Crippen molar-refractivity contribution in [2.45, 2.75) is 18.5 Å². The van der Waals surface area contributed by atoms with Gasteiger partial charge in [0.1, 0.15) is 5.75 Å². The van der Waals surface area contributed by atoms with Gasteiger partial charge in [-0.25, -0.2) is 8.42 Å². The molecule has 3 aromatic rings. The van der Waals surface area contributed by atoms with Crippen molar-refractivity contribution in [3.05, 3.63) is 66.1 Å². The van der Waals surface area contributed by atoms with E-state index in [0.717, 1.165) is 17.0 Å². The molecule has 0 atom stereocenters. The number of benzene rings is 1. The average molecular weight is 485 g/mol. The molecule has 0 aliphatic carbocycles. The van der Waals surface area contributed by atoms with E-state index in [1.165, 1.54) is 15.2 Å². The van der Waals surface area contributed by atoms with Crippen LogP contribution in [0, 0.1) is 0 Å². The molecule has 1 aliphatic rings. The number of amides is 1. The number of anilines is 1. The minimum absolute atomic E-state index is 0.0236. The molecule has 0 unspecified atom stereocenters. The molecule has 1 amide bonds. The van der Waals surface area contributed by atoms with Gasteiger partial charge in [0.15, 0.2) is 0 Å². The highest BCUT2D eigenvalue weighted by molar-refractivity contribution is 7.89. The number of aromatic nitrogens is 3. The highest BCUT2D eigenvalue weighted by Gasteiger charge is 2.34. The number of rotatable bonds is 8. The van der Waals surface area contributed by atoms with Crippen LogP contribution in [0.2, 0.25) is 0 Å². The first-order valence-electron chi connectivity index (χ1n) is 11.1. The van der Waals surface area contributed by atoms with Crippen molar-refractivity contribution >= 4 is 21.6 Å². The SMILES string of the molecule is CCOc1ccccc1N1CCN(S(=O)(=O)c2nn(C)cc2C(=O)NCc2cccnc2)CC1. The smallest absolute Gasteiger partial charge is 0.263 e. The van der Waals surface area contributed by atoms with E-state index in [4.69, 9.17) is 4.74 Å². The Hall–Kier alpha value is -3.44. The maximum absolute atomic E-state index is 13.4. The summed E-state index contributed by atoms with van der Waals surface area (Å²) in [6.45, 7) is 4.26. The number of carbonyl (C=O) groups is 1. The summed E-state index contributed by atoms with van der Waals surface area (Å²) in [6.07, 6.45) is 4.72. The van der Waals surface area contributed by atoms with Crippen LogP contribution in [-0.4, -0.2) is 66.2 Å². The summed E-state index contributed by atoms with van der Waals surface area (Å²) in [5.74, 6) is 0.276. The zero-order chi connectivity index (χ0) is 24.1. The number of ether oxygens (including phenoxy) is 1. The third-order valence-electron chi connectivity index (χ3n) is 5.54. The lowest BCUT2D eigenvalue weighted by Crippen LogP contribution is -2.49. The monoisotopic (exact) mass is 484 g/mol. The molecule has 4 rings (SSSR count). The number of hydrogen-bond acceptors (Lipinski definition) is 7. The summed E-state index contributed by atoms with van der Waals surface area (Å²) < 4.78 is 35.3. The molecular weight excluding hydrogens is 456 g/mol. The number of carbonyl (C=O) groups excluding carboxylic acids is 1. The molecule has 1 fully saturated rings. The predicted octanol–water partition coefficient (Wildman–Crippen LogP) is 1.65. The van der Waals surface area contributed by atoms with Gasteiger partial charge in [-0.1, -0.05) is 18.2 Å². The number of sulfonamides is 1. The van der Waals surface area contributed by atoms with E-state index in [-0.39, 0.29) is 30.2 Å². The van der Waals surface area contributed by atoms with E-state index in [1.807, 2.05) is 37.3 Å². The van der Waals surface area contributed by atoms with Crippen molar-refractivity contribution in [1.82, 2.24) is 24.4 Å². The number of nitrogens with zero attached hydrogens (tertiary/aromatic N) is 5. The summed E-state index contributed by atoms with van der Waals surface area (Å²) >= 11 is 0. The van der Waals surface area contributed by atoms with Crippen molar-refractivity contribution in [1.29, 1.82) is 0 Å². The molecular formula is C23H28N6O4S. The fourth-order valence-electron chi connectivity index (χ4n) is 3.88. The Labute approximate surface area is 199 Å². The lowest BCUT2D eigenvalue weighted by atomic mass is 10.2. The third kappa shape index (κ3) is 5.05. The first kappa shape index (κ1) is 23.7. The summed E-state index contributed by atoms with van der Waals surface area (Å²) in [6, 6.07) is 11.3. The van der Waals surface area contributed by atoms with E-state index >= 15 is 0 Å². The van der Waals surface area contributed by atoms with Crippen molar-refractivity contribution < 1.29 is 17.9 Å². The number of pyridine rings is 1. The van der Waals surface area contributed by atoms with Gasteiger partial charge >= 0.3 is 0 Å². The maximum atomic E-state index is 13.4. The number of hydrogen-bond donors (Lipinski definition) is 1. The fourth-order valence-corrected chi connectivity index (χ4v) is 5.43. The summed E-state index contributed by atoms with van der Waals surface area (Å²) in [5.41, 5.74) is 1.78. The molecule has 3 heterocycles. The van der Waals surface area contributed by atoms with Crippen molar-refractivity contribution in [3.8, 4) is 5.75 Å². The van der Waals surface area contributed by atoms with Gasteiger partial charge in [0.25, 0.3) is 15.9 Å². The van der Waals surface area contributed by atoms with Gasteiger partial charge in [0.2, 0.25) is 5.03 Å². The summed E-state index contributed by atoms with van der Waals surface area (Å²) in [4.78, 5) is 19.0. The molecule has 1 aromatic carbocycles. The van der Waals surface area contributed by atoms with E-state index in [2.05, 4.69) is 20.3 Å².